The maximum Gasteiger partial charge on any atom is 0.166 e. The number of hydrogen-bond donors (Lipinski definition) is 0. The topological polar surface area (TPSA) is 42.9 Å². The zero-order valence-electron chi connectivity index (χ0n) is 10.7. The summed E-state index contributed by atoms with van der Waals surface area (Å²) < 4.78 is 0. The lowest BCUT2D eigenvalue weighted by atomic mass is 9.92. The molecule has 1 aliphatic carbocycles. The van der Waals surface area contributed by atoms with E-state index in [4.69, 9.17) is 0 Å². The molecule has 1 heterocycles. The van der Waals surface area contributed by atoms with Crippen molar-refractivity contribution >= 4 is 5.78 Å². The van der Waals surface area contributed by atoms with Crippen LogP contribution in [0.15, 0.2) is 42.7 Å². The first kappa shape index (κ1) is 12.0. The fraction of sp³-hybridized carbons (Fsp3) is 0.312. The average molecular weight is 252 g/mol. The molecule has 0 radical (unpaired) electrons. The van der Waals surface area contributed by atoms with E-state index in [9.17, 15) is 4.79 Å². The Morgan fingerprint density at radius 3 is 2.74 bits per heavy atom. The second-order valence-electron chi connectivity index (χ2n) is 4.98. The van der Waals surface area contributed by atoms with Gasteiger partial charge in [0.25, 0.3) is 0 Å². The molecule has 96 valence electrons. The Kier molecular flexibility index (Phi) is 3.36. The van der Waals surface area contributed by atoms with E-state index in [1.807, 2.05) is 18.2 Å². The van der Waals surface area contributed by atoms with Crippen molar-refractivity contribution < 1.29 is 4.79 Å². The van der Waals surface area contributed by atoms with Crippen LogP contribution in [0.4, 0.5) is 0 Å². The van der Waals surface area contributed by atoms with Crippen LogP contribution in [-0.4, -0.2) is 15.8 Å². The number of rotatable bonds is 2. The minimum atomic E-state index is 0.0195. The van der Waals surface area contributed by atoms with Gasteiger partial charge in [-0.15, -0.1) is 0 Å². The van der Waals surface area contributed by atoms with E-state index in [0.29, 0.717) is 6.42 Å². The van der Waals surface area contributed by atoms with Gasteiger partial charge in [-0.05, 0) is 30.9 Å². The summed E-state index contributed by atoms with van der Waals surface area (Å²) in [5.41, 5.74) is 2.07. The molecule has 3 rings (SSSR count). The van der Waals surface area contributed by atoms with Gasteiger partial charge in [-0.1, -0.05) is 24.3 Å². The molecular weight excluding hydrogens is 236 g/mol. The minimum Gasteiger partial charge on any atom is -0.294 e. The molecule has 1 atom stereocenters. The zero-order valence-corrected chi connectivity index (χ0v) is 10.7. The van der Waals surface area contributed by atoms with E-state index in [0.717, 1.165) is 30.7 Å². The zero-order chi connectivity index (χ0) is 13.1. The van der Waals surface area contributed by atoms with Crippen molar-refractivity contribution in [1.29, 1.82) is 0 Å². The first-order valence-corrected chi connectivity index (χ1v) is 6.72. The number of carbonyl (C=O) groups is 1. The van der Waals surface area contributed by atoms with E-state index < -0.39 is 0 Å². The van der Waals surface area contributed by atoms with Gasteiger partial charge >= 0.3 is 0 Å². The number of hydrogen-bond acceptors (Lipinski definition) is 3. The number of ketones is 1. The van der Waals surface area contributed by atoms with Gasteiger partial charge in [0.1, 0.15) is 5.82 Å². The van der Waals surface area contributed by atoms with Crippen molar-refractivity contribution in [3.63, 3.8) is 0 Å². The molecule has 0 bridgehead atoms. The van der Waals surface area contributed by atoms with Gasteiger partial charge in [0, 0.05) is 30.3 Å². The maximum atomic E-state index is 12.6. The third-order valence-electron chi connectivity index (χ3n) is 3.70. The number of fused-ring (bicyclic) bond motifs is 1. The summed E-state index contributed by atoms with van der Waals surface area (Å²) in [5, 5.41) is 0. The molecule has 1 aromatic carbocycles. The highest BCUT2D eigenvalue weighted by molar-refractivity contribution is 5.99. The first-order valence-electron chi connectivity index (χ1n) is 6.72. The molecule has 19 heavy (non-hydrogen) atoms. The molecule has 2 aromatic rings. The predicted octanol–water partition coefficient (Wildman–Crippen LogP) is 2.85. The Bertz CT molecular complexity index is 580. The van der Waals surface area contributed by atoms with Crippen molar-refractivity contribution in [3.05, 3.63) is 59.7 Å². The summed E-state index contributed by atoms with van der Waals surface area (Å²) in [5.74, 6) is 1.03. The lowest BCUT2D eigenvalue weighted by Gasteiger charge is -2.12. The Morgan fingerprint density at radius 1 is 1.11 bits per heavy atom. The van der Waals surface area contributed by atoms with Crippen LogP contribution in [0.1, 0.15) is 34.6 Å². The SMILES string of the molecule is O=C1c2ccccc2CCCC1Cc1ncccn1. The van der Waals surface area contributed by atoms with Gasteiger partial charge in [-0.25, -0.2) is 9.97 Å². The van der Waals surface area contributed by atoms with E-state index in [2.05, 4.69) is 16.0 Å². The lowest BCUT2D eigenvalue weighted by Crippen LogP contribution is -2.17. The Labute approximate surface area is 112 Å². The predicted molar refractivity (Wildman–Crippen MR) is 72.9 cm³/mol. The molecule has 1 aromatic heterocycles. The Morgan fingerprint density at radius 2 is 1.89 bits per heavy atom. The molecule has 0 amide bonds. The second-order valence-corrected chi connectivity index (χ2v) is 4.98. The maximum absolute atomic E-state index is 12.6. The quantitative estimate of drug-likeness (QED) is 0.772. The Hall–Kier alpha value is -2.03. The van der Waals surface area contributed by atoms with Crippen LogP contribution in [0.25, 0.3) is 0 Å². The van der Waals surface area contributed by atoms with Gasteiger partial charge < -0.3 is 0 Å². The number of carbonyl (C=O) groups excluding carboxylic acids is 1. The van der Waals surface area contributed by atoms with E-state index in [-0.39, 0.29) is 11.7 Å². The van der Waals surface area contributed by atoms with Crippen molar-refractivity contribution in [2.45, 2.75) is 25.7 Å². The molecule has 0 saturated carbocycles. The third-order valence-corrected chi connectivity index (χ3v) is 3.70. The summed E-state index contributed by atoms with van der Waals surface area (Å²) >= 11 is 0. The summed E-state index contributed by atoms with van der Waals surface area (Å²) in [7, 11) is 0. The van der Waals surface area contributed by atoms with Gasteiger partial charge in [-0.3, -0.25) is 4.79 Å². The van der Waals surface area contributed by atoms with Crippen LogP contribution in [0.2, 0.25) is 0 Å². The van der Waals surface area contributed by atoms with Gasteiger partial charge in [0.2, 0.25) is 0 Å². The van der Waals surface area contributed by atoms with E-state index >= 15 is 0 Å². The van der Waals surface area contributed by atoms with Crippen LogP contribution in [0, 0.1) is 5.92 Å². The second kappa shape index (κ2) is 5.31. The molecule has 3 heteroatoms. The van der Waals surface area contributed by atoms with Crippen LogP contribution in [-0.2, 0) is 12.8 Å². The number of benzene rings is 1. The van der Waals surface area contributed by atoms with Crippen LogP contribution < -0.4 is 0 Å². The highest BCUT2D eigenvalue weighted by Crippen LogP contribution is 2.26. The monoisotopic (exact) mass is 252 g/mol. The third kappa shape index (κ3) is 2.55. The summed E-state index contributed by atoms with van der Waals surface area (Å²) in [6, 6.07) is 9.76. The van der Waals surface area contributed by atoms with Crippen molar-refractivity contribution in [2.24, 2.45) is 5.92 Å². The fourth-order valence-electron chi connectivity index (χ4n) is 2.72. The number of aryl methyl sites for hydroxylation is 1. The van der Waals surface area contributed by atoms with Gasteiger partial charge in [-0.2, -0.15) is 0 Å². The summed E-state index contributed by atoms with van der Waals surface area (Å²) in [4.78, 5) is 21.0. The smallest absolute Gasteiger partial charge is 0.166 e. The fourth-order valence-corrected chi connectivity index (χ4v) is 2.72. The van der Waals surface area contributed by atoms with Crippen molar-refractivity contribution in [2.75, 3.05) is 0 Å². The van der Waals surface area contributed by atoms with Crippen LogP contribution in [0.5, 0.6) is 0 Å². The van der Waals surface area contributed by atoms with E-state index in [1.165, 1.54) is 5.56 Å². The van der Waals surface area contributed by atoms with Crippen LogP contribution >= 0.6 is 0 Å². The number of aromatic nitrogens is 2. The molecule has 0 N–H and O–H groups in total. The normalized spacial score (nSPS) is 18.7. The minimum absolute atomic E-state index is 0.0195. The molecule has 0 saturated heterocycles. The van der Waals surface area contributed by atoms with Crippen molar-refractivity contribution in [1.82, 2.24) is 9.97 Å². The highest BCUT2D eigenvalue weighted by Gasteiger charge is 2.25. The summed E-state index contributed by atoms with van der Waals surface area (Å²) in [6.45, 7) is 0. The number of nitrogens with zero attached hydrogens (tertiary/aromatic N) is 2. The molecular formula is C16H16N2O. The van der Waals surface area contributed by atoms with Gasteiger partial charge in [0.15, 0.2) is 5.78 Å². The Balaban J connectivity index is 1.86. The molecule has 1 aliphatic rings. The molecule has 0 fully saturated rings. The summed E-state index contributed by atoms with van der Waals surface area (Å²) in [6.07, 6.45) is 7.09. The lowest BCUT2D eigenvalue weighted by molar-refractivity contribution is 0.0914. The standard InChI is InChI=1S/C16H16N2O/c19-16-13(11-15-17-9-4-10-18-15)7-3-6-12-5-1-2-8-14(12)16/h1-2,4-5,8-10,13H,3,6-7,11H2. The number of Topliss-reactive ketones (excluding diaryl/α,β-unsaturated/α-hetero) is 1. The molecule has 0 aliphatic heterocycles. The van der Waals surface area contributed by atoms with Crippen LogP contribution in [0.3, 0.4) is 0 Å². The highest BCUT2D eigenvalue weighted by atomic mass is 16.1. The average Bonchev–Trinajstić information content (AvgIpc) is 2.61. The molecule has 3 nitrogen and oxygen atoms in total. The van der Waals surface area contributed by atoms with Crippen molar-refractivity contribution in [3.8, 4) is 0 Å². The first-order chi connectivity index (χ1) is 9.34. The van der Waals surface area contributed by atoms with E-state index in [1.54, 1.807) is 18.5 Å². The largest absolute Gasteiger partial charge is 0.294 e. The molecule has 1 unspecified atom stereocenters. The van der Waals surface area contributed by atoms with Gasteiger partial charge in [0.05, 0.1) is 0 Å². The molecule has 0 spiro atoms.